The van der Waals surface area contributed by atoms with E-state index in [2.05, 4.69) is 0 Å². The number of hydrogen-bond acceptors (Lipinski definition) is 3. The third-order valence-electron chi connectivity index (χ3n) is 4.51. The highest BCUT2D eigenvalue weighted by Crippen LogP contribution is 2.47. The Hall–Kier alpha value is -1.48. The molecule has 1 aliphatic rings. The fraction of sp³-hybridized carbons (Fsp3) is 0.579. The molecule has 122 valence electrons. The summed E-state index contributed by atoms with van der Waals surface area (Å²) in [4.78, 5) is 0. The van der Waals surface area contributed by atoms with Gasteiger partial charge in [-0.05, 0) is 63.6 Å². The molecule has 3 N–H and O–H groups in total. The van der Waals surface area contributed by atoms with Crippen LogP contribution in [0.3, 0.4) is 0 Å². The van der Waals surface area contributed by atoms with E-state index in [4.69, 9.17) is 4.11 Å². The van der Waals surface area contributed by atoms with Crippen molar-refractivity contribution in [2.24, 2.45) is 5.92 Å². The van der Waals surface area contributed by atoms with Gasteiger partial charge in [-0.15, -0.1) is 0 Å². The fourth-order valence-corrected chi connectivity index (χ4v) is 3.44. The third-order valence-corrected chi connectivity index (χ3v) is 4.51. The van der Waals surface area contributed by atoms with Gasteiger partial charge in [0.05, 0.1) is 5.60 Å². The van der Waals surface area contributed by atoms with Crippen molar-refractivity contribution in [1.29, 1.82) is 0 Å². The third kappa shape index (κ3) is 3.46. The SMILES string of the molecule is [2H]C([2H])([2H])C1=CC(c2c(O)cc(CCC)cc2O)C(C(C)(C)O)CC1. The summed E-state index contributed by atoms with van der Waals surface area (Å²) in [5.74, 6) is -0.955. The summed E-state index contributed by atoms with van der Waals surface area (Å²) in [6.45, 7) is 3.16. The molecule has 0 radical (unpaired) electrons. The first kappa shape index (κ1) is 13.0. The van der Waals surface area contributed by atoms with Crippen LogP contribution in [0.25, 0.3) is 0 Å². The molecule has 0 aliphatic heterocycles. The van der Waals surface area contributed by atoms with Crippen molar-refractivity contribution >= 4 is 0 Å². The van der Waals surface area contributed by atoms with Gasteiger partial charge < -0.3 is 15.3 Å². The first-order chi connectivity index (χ1) is 11.4. The largest absolute Gasteiger partial charge is 0.507 e. The van der Waals surface area contributed by atoms with Crippen LogP contribution >= 0.6 is 0 Å². The van der Waals surface area contributed by atoms with Crippen LogP contribution in [0.4, 0.5) is 0 Å². The smallest absolute Gasteiger partial charge is 0.123 e. The van der Waals surface area contributed by atoms with Crippen molar-refractivity contribution in [1.82, 2.24) is 0 Å². The van der Waals surface area contributed by atoms with Crippen LogP contribution < -0.4 is 0 Å². The van der Waals surface area contributed by atoms with Crippen LogP contribution in [0.2, 0.25) is 0 Å². The van der Waals surface area contributed by atoms with Gasteiger partial charge >= 0.3 is 0 Å². The lowest BCUT2D eigenvalue weighted by Crippen LogP contribution is -2.36. The molecule has 2 rings (SSSR count). The highest BCUT2D eigenvalue weighted by molar-refractivity contribution is 5.51. The van der Waals surface area contributed by atoms with Crippen LogP contribution in [0.1, 0.15) is 68.0 Å². The Labute approximate surface area is 137 Å². The number of benzene rings is 1. The Balaban J connectivity index is 2.57. The lowest BCUT2D eigenvalue weighted by Gasteiger charge is -2.38. The molecule has 0 saturated heterocycles. The van der Waals surface area contributed by atoms with Crippen molar-refractivity contribution in [2.45, 2.75) is 64.8 Å². The number of hydrogen-bond donors (Lipinski definition) is 3. The molecule has 3 nitrogen and oxygen atoms in total. The number of phenolic OH excluding ortho intramolecular Hbond substituents is 2. The van der Waals surface area contributed by atoms with Gasteiger partial charge in [0.2, 0.25) is 0 Å². The predicted molar refractivity (Wildman–Crippen MR) is 89.3 cm³/mol. The summed E-state index contributed by atoms with van der Waals surface area (Å²) in [5, 5.41) is 31.6. The Bertz CT molecular complexity index is 634. The minimum Gasteiger partial charge on any atom is -0.507 e. The Morgan fingerprint density at radius 1 is 1.27 bits per heavy atom. The lowest BCUT2D eigenvalue weighted by molar-refractivity contribution is 0.00421. The number of aryl methyl sites for hydroxylation is 1. The molecule has 1 aliphatic carbocycles. The van der Waals surface area contributed by atoms with Crippen LogP contribution in [-0.4, -0.2) is 20.9 Å². The molecule has 0 saturated carbocycles. The van der Waals surface area contributed by atoms with Gasteiger partial charge in [-0.2, -0.15) is 0 Å². The van der Waals surface area contributed by atoms with E-state index in [1.54, 1.807) is 32.1 Å². The van der Waals surface area contributed by atoms with Gasteiger partial charge in [0, 0.05) is 15.6 Å². The van der Waals surface area contributed by atoms with Crippen LogP contribution in [-0.2, 0) is 6.42 Å². The van der Waals surface area contributed by atoms with Crippen molar-refractivity contribution in [2.75, 3.05) is 0 Å². The van der Waals surface area contributed by atoms with Crippen molar-refractivity contribution in [3.63, 3.8) is 0 Å². The number of aliphatic hydroxyl groups is 1. The van der Waals surface area contributed by atoms with Gasteiger partial charge in [0.15, 0.2) is 0 Å². The molecule has 3 heteroatoms. The first-order valence-electron chi connectivity index (χ1n) is 9.43. The molecule has 1 aromatic carbocycles. The minimum atomic E-state index is -2.21. The molecular weight excluding hydrogens is 276 g/mol. The monoisotopic (exact) mass is 307 g/mol. The lowest BCUT2D eigenvalue weighted by atomic mass is 9.69. The number of phenols is 2. The van der Waals surface area contributed by atoms with Crippen molar-refractivity contribution in [3.05, 3.63) is 34.9 Å². The van der Waals surface area contributed by atoms with Crippen LogP contribution in [0.15, 0.2) is 23.8 Å². The summed E-state index contributed by atoms with van der Waals surface area (Å²) >= 11 is 0. The van der Waals surface area contributed by atoms with Crippen LogP contribution in [0.5, 0.6) is 11.5 Å². The van der Waals surface area contributed by atoms with Gasteiger partial charge in [-0.1, -0.05) is 25.0 Å². The average molecular weight is 307 g/mol. The molecule has 2 atom stereocenters. The van der Waals surface area contributed by atoms with Gasteiger partial charge in [0.1, 0.15) is 11.5 Å². The molecule has 0 amide bonds. The first-order valence-corrected chi connectivity index (χ1v) is 7.93. The average Bonchev–Trinajstić information content (AvgIpc) is 2.44. The number of rotatable bonds is 4. The second kappa shape index (κ2) is 6.33. The molecule has 2 unspecified atom stereocenters. The highest BCUT2D eigenvalue weighted by Gasteiger charge is 2.38. The molecule has 22 heavy (non-hydrogen) atoms. The van der Waals surface area contributed by atoms with Crippen molar-refractivity contribution < 1.29 is 19.4 Å². The van der Waals surface area contributed by atoms with E-state index in [0.29, 0.717) is 24.0 Å². The molecule has 0 heterocycles. The van der Waals surface area contributed by atoms with Crippen molar-refractivity contribution in [3.8, 4) is 11.5 Å². The molecule has 0 fully saturated rings. The highest BCUT2D eigenvalue weighted by atomic mass is 16.3. The molecule has 0 bridgehead atoms. The standard InChI is InChI=1S/C19H28O3/c1-5-6-13-10-16(20)18(17(21)11-13)14-9-12(2)7-8-15(14)19(3,4)22/h9-11,14-15,20-22H,5-8H2,1-4H3/i2D3. The molecular formula is C19H28O3. The Morgan fingerprint density at radius 3 is 2.41 bits per heavy atom. The van der Waals surface area contributed by atoms with E-state index in [1.807, 2.05) is 6.92 Å². The molecule has 0 spiro atoms. The van der Waals surface area contributed by atoms with Crippen LogP contribution in [0, 0.1) is 5.92 Å². The maximum Gasteiger partial charge on any atom is 0.123 e. The zero-order valence-corrected chi connectivity index (χ0v) is 13.6. The number of allylic oxidation sites excluding steroid dienone is 2. The summed E-state index contributed by atoms with van der Waals surface area (Å²) in [5.41, 5.74) is 0.377. The second-order valence-electron chi connectivity index (χ2n) is 6.81. The zero-order valence-electron chi connectivity index (χ0n) is 16.6. The molecule has 1 aromatic rings. The van der Waals surface area contributed by atoms with E-state index in [1.165, 1.54) is 0 Å². The number of aromatic hydroxyl groups is 2. The van der Waals surface area contributed by atoms with Gasteiger partial charge in [0.25, 0.3) is 0 Å². The van der Waals surface area contributed by atoms with E-state index < -0.39 is 18.4 Å². The predicted octanol–water partition coefficient (Wildman–Crippen LogP) is 4.26. The summed E-state index contributed by atoms with van der Waals surface area (Å²) in [6.07, 6.45) is 4.08. The topological polar surface area (TPSA) is 60.7 Å². The van der Waals surface area contributed by atoms with Gasteiger partial charge in [-0.25, -0.2) is 0 Å². The van der Waals surface area contributed by atoms with E-state index in [0.717, 1.165) is 18.4 Å². The van der Waals surface area contributed by atoms with E-state index in [-0.39, 0.29) is 17.4 Å². The maximum atomic E-state index is 10.6. The quantitative estimate of drug-likeness (QED) is 0.728. The summed E-state index contributed by atoms with van der Waals surface area (Å²) < 4.78 is 23.0. The maximum absolute atomic E-state index is 10.6. The zero-order chi connectivity index (χ0) is 19.0. The summed E-state index contributed by atoms with van der Waals surface area (Å²) in [6, 6.07) is 3.24. The Morgan fingerprint density at radius 2 is 1.91 bits per heavy atom. The fourth-order valence-electron chi connectivity index (χ4n) is 3.44. The molecule has 0 aromatic heterocycles. The minimum absolute atomic E-state index is 0.0502. The Kier molecular flexibility index (Phi) is 3.74. The normalized spacial score (nSPS) is 25.1. The van der Waals surface area contributed by atoms with E-state index >= 15 is 0 Å². The summed E-state index contributed by atoms with van der Waals surface area (Å²) in [7, 11) is 0. The second-order valence-corrected chi connectivity index (χ2v) is 6.81. The van der Waals surface area contributed by atoms with E-state index in [9.17, 15) is 15.3 Å². The van der Waals surface area contributed by atoms with Gasteiger partial charge in [-0.3, -0.25) is 0 Å².